The summed E-state index contributed by atoms with van der Waals surface area (Å²) in [4.78, 5) is 14.4. The van der Waals surface area contributed by atoms with Crippen LogP contribution in [-0.2, 0) is 11.3 Å². The van der Waals surface area contributed by atoms with Gasteiger partial charge < -0.3 is 15.4 Å². The summed E-state index contributed by atoms with van der Waals surface area (Å²) < 4.78 is 28.6. The van der Waals surface area contributed by atoms with Gasteiger partial charge in [0, 0.05) is 19.6 Å². The first-order valence-corrected chi connectivity index (χ1v) is 8.00. The summed E-state index contributed by atoms with van der Waals surface area (Å²) in [6, 6.07) is 6.35. The summed E-state index contributed by atoms with van der Waals surface area (Å²) in [7, 11) is 1.77. The van der Waals surface area contributed by atoms with E-state index in [1.807, 2.05) is 0 Å². The fourth-order valence-corrected chi connectivity index (χ4v) is 4.08. The van der Waals surface area contributed by atoms with Crippen molar-refractivity contribution in [1.29, 1.82) is 0 Å². The third-order valence-electron chi connectivity index (χ3n) is 5.21. The number of alkyl halides is 2. The van der Waals surface area contributed by atoms with Gasteiger partial charge in [-0.1, -0.05) is 12.1 Å². The lowest BCUT2D eigenvalue weighted by molar-refractivity contribution is -0.137. The van der Waals surface area contributed by atoms with Crippen LogP contribution in [0, 0.1) is 17.8 Å². The second-order valence-corrected chi connectivity index (χ2v) is 6.65. The summed E-state index contributed by atoms with van der Waals surface area (Å²) in [5, 5.41) is 0. The van der Waals surface area contributed by atoms with E-state index in [0.29, 0.717) is 18.4 Å². The normalized spacial score (nSPS) is 27.9. The second kappa shape index (κ2) is 7.66. The predicted octanol–water partition coefficient (Wildman–Crippen LogP) is 3.04. The van der Waals surface area contributed by atoms with Gasteiger partial charge in [0.1, 0.15) is 5.75 Å². The van der Waals surface area contributed by atoms with E-state index >= 15 is 0 Å². The van der Waals surface area contributed by atoms with E-state index in [9.17, 15) is 13.6 Å². The highest BCUT2D eigenvalue weighted by Crippen LogP contribution is 2.48. The van der Waals surface area contributed by atoms with E-state index in [1.54, 1.807) is 24.1 Å². The molecule has 2 saturated carbocycles. The minimum Gasteiger partial charge on any atom is -0.435 e. The zero-order valence-electron chi connectivity index (χ0n) is 13.5. The average Bonchev–Trinajstić information content (AvgIpc) is 3.09. The minimum atomic E-state index is -2.83. The van der Waals surface area contributed by atoms with E-state index in [1.165, 1.54) is 12.1 Å². The highest BCUT2D eigenvalue weighted by atomic mass is 35.5. The zero-order chi connectivity index (χ0) is 16.6. The van der Waals surface area contributed by atoms with Crippen molar-refractivity contribution in [3.8, 4) is 5.75 Å². The number of fused-ring (bicyclic) bond motifs is 2. The first kappa shape index (κ1) is 18.9. The number of hydrogen-bond acceptors (Lipinski definition) is 3. The number of carbonyl (C=O) groups is 1. The number of hydrogen-bond donors (Lipinski definition) is 1. The van der Waals surface area contributed by atoms with Crippen molar-refractivity contribution in [2.24, 2.45) is 23.5 Å². The maximum atomic E-state index is 12.7. The van der Waals surface area contributed by atoms with E-state index in [2.05, 4.69) is 4.74 Å². The molecule has 24 heavy (non-hydrogen) atoms. The van der Waals surface area contributed by atoms with Crippen molar-refractivity contribution < 1.29 is 18.3 Å². The first-order valence-electron chi connectivity index (χ1n) is 8.00. The maximum Gasteiger partial charge on any atom is 0.387 e. The quantitative estimate of drug-likeness (QED) is 0.878. The molecule has 2 bridgehead atoms. The number of carbonyl (C=O) groups excluding carboxylic acids is 1. The van der Waals surface area contributed by atoms with Crippen LogP contribution in [0.5, 0.6) is 5.75 Å². The lowest BCUT2D eigenvalue weighted by Crippen LogP contribution is -2.45. The molecule has 1 aromatic carbocycles. The Morgan fingerprint density at radius 3 is 2.46 bits per heavy atom. The maximum absolute atomic E-state index is 12.7. The van der Waals surface area contributed by atoms with Gasteiger partial charge in [-0.15, -0.1) is 12.4 Å². The van der Waals surface area contributed by atoms with Crippen LogP contribution in [0.3, 0.4) is 0 Å². The fourth-order valence-electron chi connectivity index (χ4n) is 4.08. The number of nitrogens with two attached hydrogens (primary N) is 1. The van der Waals surface area contributed by atoms with Crippen molar-refractivity contribution in [3.63, 3.8) is 0 Å². The van der Waals surface area contributed by atoms with Gasteiger partial charge in [-0.2, -0.15) is 8.78 Å². The number of halogens is 3. The summed E-state index contributed by atoms with van der Waals surface area (Å²) in [6.07, 6.45) is 3.32. The molecule has 0 aromatic heterocycles. The Morgan fingerprint density at radius 2 is 1.92 bits per heavy atom. The molecule has 2 aliphatic carbocycles. The Morgan fingerprint density at radius 1 is 1.29 bits per heavy atom. The largest absolute Gasteiger partial charge is 0.435 e. The molecule has 0 heterocycles. The van der Waals surface area contributed by atoms with Gasteiger partial charge in [-0.3, -0.25) is 4.79 Å². The van der Waals surface area contributed by atoms with Gasteiger partial charge in [-0.05, 0) is 48.8 Å². The van der Waals surface area contributed by atoms with E-state index in [-0.39, 0.29) is 36.0 Å². The van der Waals surface area contributed by atoms with Crippen molar-refractivity contribution in [2.75, 3.05) is 7.05 Å². The third-order valence-corrected chi connectivity index (χ3v) is 5.21. The molecule has 4 atom stereocenters. The number of benzene rings is 1. The van der Waals surface area contributed by atoms with Crippen LogP contribution in [0.25, 0.3) is 0 Å². The van der Waals surface area contributed by atoms with Crippen LogP contribution >= 0.6 is 12.4 Å². The summed E-state index contributed by atoms with van der Waals surface area (Å²) in [6.45, 7) is -2.39. The third kappa shape index (κ3) is 3.81. The second-order valence-electron chi connectivity index (χ2n) is 6.65. The van der Waals surface area contributed by atoms with E-state index in [0.717, 1.165) is 24.8 Å². The summed E-state index contributed by atoms with van der Waals surface area (Å²) in [5.74, 6) is 1.06. The van der Waals surface area contributed by atoms with Crippen molar-refractivity contribution in [2.45, 2.75) is 38.5 Å². The van der Waals surface area contributed by atoms with Gasteiger partial charge in [-0.25, -0.2) is 0 Å². The molecule has 2 fully saturated rings. The van der Waals surface area contributed by atoms with Gasteiger partial charge in [0.2, 0.25) is 5.91 Å². The van der Waals surface area contributed by atoms with Crippen LogP contribution < -0.4 is 10.5 Å². The SMILES string of the molecule is CN(Cc1ccc(OC(F)F)cc1)C(=O)C1C2CCC(C2)C1N.Cl. The van der Waals surface area contributed by atoms with Crippen molar-refractivity contribution in [3.05, 3.63) is 29.8 Å². The van der Waals surface area contributed by atoms with Crippen molar-refractivity contribution in [1.82, 2.24) is 4.90 Å². The molecule has 134 valence electrons. The lowest BCUT2D eigenvalue weighted by Gasteiger charge is -2.30. The van der Waals surface area contributed by atoms with E-state index < -0.39 is 6.61 Å². The molecular formula is C17H23ClF2N2O2. The predicted molar refractivity (Wildman–Crippen MR) is 89.1 cm³/mol. The number of ether oxygens (including phenoxy) is 1. The molecular weight excluding hydrogens is 338 g/mol. The zero-order valence-corrected chi connectivity index (χ0v) is 14.3. The summed E-state index contributed by atoms with van der Waals surface area (Å²) >= 11 is 0. The molecule has 3 rings (SSSR count). The smallest absolute Gasteiger partial charge is 0.387 e. The Kier molecular flexibility index (Phi) is 6.04. The molecule has 4 unspecified atom stereocenters. The van der Waals surface area contributed by atoms with Gasteiger partial charge in [0.25, 0.3) is 0 Å². The van der Waals surface area contributed by atoms with Gasteiger partial charge in [0.05, 0.1) is 5.92 Å². The van der Waals surface area contributed by atoms with Crippen LogP contribution in [0.2, 0.25) is 0 Å². The fraction of sp³-hybridized carbons (Fsp3) is 0.588. The Labute approximate surface area is 146 Å². The molecule has 0 spiro atoms. The monoisotopic (exact) mass is 360 g/mol. The van der Waals surface area contributed by atoms with Crippen LogP contribution in [0.1, 0.15) is 24.8 Å². The van der Waals surface area contributed by atoms with E-state index in [4.69, 9.17) is 5.73 Å². The minimum absolute atomic E-state index is 0. The molecule has 2 aliphatic rings. The Bertz CT molecular complexity index is 568. The highest BCUT2D eigenvalue weighted by molar-refractivity contribution is 5.85. The van der Waals surface area contributed by atoms with Crippen LogP contribution in [0.15, 0.2) is 24.3 Å². The van der Waals surface area contributed by atoms with Crippen molar-refractivity contribution >= 4 is 18.3 Å². The Balaban J connectivity index is 0.00000208. The molecule has 7 heteroatoms. The number of amides is 1. The molecule has 1 aromatic rings. The van der Waals surface area contributed by atoms with Crippen LogP contribution in [-0.4, -0.2) is 30.5 Å². The average molecular weight is 361 g/mol. The number of rotatable bonds is 5. The Hall–Kier alpha value is -1.40. The molecule has 1 amide bonds. The topological polar surface area (TPSA) is 55.6 Å². The molecule has 4 nitrogen and oxygen atoms in total. The molecule has 0 aliphatic heterocycles. The molecule has 0 saturated heterocycles. The molecule has 2 N–H and O–H groups in total. The number of nitrogens with zero attached hydrogens (tertiary/aromatic N) is 1. The standard InChI is InChI=1S/C17H22F2N2O2.ClH/c1-21(9-10-2-6-13(7-3-10)23-17(18)19)16(22)14-11-4-5-12(8-11)15(14)20;/h2-3,6-7,11-12,14-15,17H,4-5,8-9,20H2,1H3;1H. The summed E-state index contributed by atoms with van der Waals surface area (Å²) in [5.41, 5.74) is 7.10. The molecule has 0 radical (unpaired) electrons. The van der Waals surface area contributed by atoms with Crippen LogP contribution in [0.4, 0.5) is 8.78 Å². The van der Waals surface area contributed by atoms with Gasteiger partial charge in [0.15, 0.2) is 0 Å². The first-order chi connectivity index (χ1) is 11.0. The highest BCUT2D eigenvalue weighted by Gasteiger charge is 2.49. The lowest BCUT2D eigenvalue weighted by atomic mass is 9.84. The van der Waals surface area contributed by atoms with Gasteiger partial charge >= 0.3 is 6.61 Å².